The van der Waals surface area contributed by atoms with Gasteiger partial charge in [0.05, 0.1) is 4.90 Å². The molecule has 1 rings (SSSR count). The number of rotatable bonds is 5. The van der Waals surface area contributed by atoms with E-state index in [-0.39, 0.29) is 12.0 Å². The van der Waals surface area contributed by atoms with Crippen LogP contribution in [0.15, 0.2) is 29.2 Å². The smallest absolute Gasteiger partial charge is 0.241 e. The van der Waals surface area contributed by atoms with Crippen LogP contribution in [0.1, 0.15) is 19.4 Å². The van der Waals surface area contributed by atoms with Crippen molar-refractivity contribution >= 4 is 10.0 Å². The number of nitrogens with two attached hydrogens (primary N) is 1. The fraction of sp³-hybridized carbons (Fsp3) is 0.500. The zero-order valence-corrected chi connectivity index (χ0v) is 11.3. The summed E-state index contributed by atoms with van der Waals surface area (Å²) in [4.78, 5) is 0.319. The highest BCUT2D eigenvalue weighted by Crippen LogP contribution is 2.15. The molecule has 1 aromatic carbocycles. The first-order chi connectivity index (χ1) is 7.88. The number of benzene rings is 1. The summed E-state index contributed by atoms with van der Waals surface area (Å²) < 4.78 is 27.0. The summed E-state index contributed by atoms with van der Waals surface area (Å²) in [5.41, 5.74) is 6.31. The second kappa shape index (κ2) is 5.62. The highest BCUT2D eigenvalue weighted by molar-refractivity contribution is 7.89. The molecule has 17 heavy (non-hydrogen) atoms. The van der Waals surface area contributed by atoms with Gasteiger partial charge in [0.2, 0.25) is 10.0 Å². The molecule has 0 radical (unpaired) electrons. The number of nitrogens with one attached hydrogen (secondary N) is 1. The summed E-state index contributed by atoms with van der Waals surface area (Å²) in [7, 11) is -3.48. The van der Waals surface area contributed by atoms with Crippen molar-refractivity contribution in [2.45, 2.75) is 31.7 Å². The lowest BCUT2D eigenvalue weighted by atomic mass is 10.1. The van der Waals surface area contributed by atoms with Crippen LogP contribution in [0.4, 0.5) is 0 Å². The largest absolute Gasteiger partial charge is 0.329 e. The van der Waals surface area contributed by atoms with Crippen LogP contribution in [0.25, 0.3) is 0 Å². The van der Waals surface area contributed by atoms with Gasteiger partial charge in [-0.05, 0) is 24.5 Å². The predicted octanol–water partition coefficient (Wildman–Crippen LogP) is 1.26. The minimum atomic E-state index is -3.48. The molecular weight excluding hydrogens is 236 g/mol. The van der Waals surface area contributed by atoms with Crippen molar-refractivity contribution < 1.29 is 8.42 Å². The summed E-state index contributed by atoms with van der Waals surface area (Å²) >= 11 is 0. The molecule has 1 unspecified atom stereocenters. The first-order valence-corrected chi connectivity index (χ1v) is 7.15. The summed E-state index contributed by atoms with van der Waals surface area (Å²) in [6.07, 6.45) is 0. The fourth-order valence-corrected chi connectivity index (χ4v) is 3.22. The highest BCUT2D eigenvalue weighted by atomic mass is 32.2. The van der Waals surface area contributed by atoms with Crippen molar-refractivity contribution in [3.05, 3.63) is 29.8 Å². The lowest BCUT2D eigenvalue weighted by Gasteiger charge is -2.21. The second-order valence-corrected chi connectivity index (χ2v) is 6.16. The van der Waals surface area contributed by atoms with E-state index in [2.05, 4.69) is 4.72 Å². The Morgan fingerprint density at radius 2 is 1.88 bits per heavy atom. The van der Waals surface area contributed by atoms with E-state index >= 15 is 0 Å². The van der Waals surface area contributed by atoms with Crippen molar-refractivity contribution in [2.75, 3.05) is 6.54 Å². The number of hydrogen-bond acceptors (Lipinski definition) is 3. The van der Waals surface area contributed by atoms with Gasteiger partial charge in [-0.2, -0.15) is 0 Å². The monoisotopic (exact) mass is 256 g/mol. The van der Waals surface area contributed by atoms with E-state index < -0.39 is 10.0 Å². The van der Waals surface area contributed by atoms with E-state index in [4.69, 9.17) is 5.73 Å². The minimum absolute atomic E-state index is 0.166. The maximum Gasteiger partial charge on any atom is 0.241 e. The Bertz CT molecular complexity index is 469. The van der Waals surface area contributed by atoms with Crippen LogP contribution >= 0.6 is 0 Å². The van der Waals surface area contributed by atoms with Crippen molar-refractivity contribution in [1.82, 2.24) is 4.72 Å². The molecule has 0 aliphatic rings. The predicted molar refractivity (Wildman–Crippen MR) is 69.2 cm³/mol. The van der Waals surface area contributed by atoms with Crippen molar-refractivity contribution in [1.29, 1.82) is 0 Å². The Labute approximate surface area is 103 Å². The Morgan fingerprint density at radius 1 is 1.29 bits per heavy atom. The van der Waals surface area contributed by atoms with Gasteiger partial charge in [0.15, 0.2) is 0 Å². The minimum Gasteiger partial charge on any atom is -0.329 e. The quantitative estimate of drug-likeness (QED) is 0.833. The molecule has 1 atom stereocenters. The number of sulfonamides is 1. The van der Waals surface area contributed by atoms with E-state index in [1.807, 2.05) is 19.9 Å². The van der Waals surface area contributed by atoms with Gasteiger partial charge in [-0.15, -0.1) is 0 Å². The molecule has 0 saturated heterocycles. The third-order valence-electron chi connectivity index (χ3n) is 2.75. The third-order valence-corrected chi connectivity index (χ3v) is 4.40. The molecule has 0 heterocycles. The Balaban J connectivity index is 3.01. The van der Waals surface area contributed by atoms with Gasteiger partial charge in [-0.1, -0.05) is 32.0 Å². The molecule has 0 spiro atoms. The molecule has 3 N–H and O–H groups in total. The maximum atomic E-state index is 12.2. The number of hydrogen-bond donors (Lipinski definition) is 2. The second-order valence-electron chi connectivity index (χ2n) is 4.47. The van der Waals surface area contributed by atoms with Crippen LogP contribution in [0.3, 0.4) is 0 Å². The van der Waals surface area contributed by atoms with Crippen molar-refractivity contribution in [2.24, 2.45) is 11.7 Å². The first kappa shape index (κ1) is 14.2. The van der Waals surface area contributed by atoms with Crippen LogP contribution < -0.4 is 10.5 Å². The summed E-state index contributed by atoms with van der Waals surface area (Å²) in [5.74, 6) is 0.166. The standard InChI is InChI=1S/C12H20N2O2S/c1-9(2)11(8-13)14-17(15,16)12-7-5-4-6-10(12)3/h4-7,9,11,14H,8,13H2,1-3H3. The Hall–Kier alpha value is -0.910. The van der Waals surface area contributed by atoms with Crippen molar-refractivity contribution in [3.8, 4) is 0 Å². The number of aryl methyl sites for hydroxylation is 1. The molecule has 4 nitrogen and oxygen atoms in total. The van der Waals surface area contributed by atoms with Gasteiger partial charge < -0.3 is 5.73 Å². The molecule has 0 saturated carbocycles. The van der Waals surface area contributed by atoms with Crippen LogP contribution in [-0.2, 0) is 10.0 Å². The maximum absolute atomic E-state index is 12.2. The third kappa shape index (κ3) is 3.52. The van der Waals surface area contributed by atoms with E-state index in [9.17, 15) is 8.42 Å². The SMILES string of the molecule is Cc1ccccc1S(=O)(=O)NC(CN)C(C)C. The topological polar surface area (TPSA) is 72.2 Å². The van der Waals surface area contributed by atoms with Crippen LogP contribution in [-0.4, -0.2) is 21.0 Å². The van der Waals surface area contributed by atoms with Crippen molar-refractivity contribution in [3.63, 3.8) is 0 Å². The molecule has 0 fully saturated rings. The summed E-state index contributed by atoms with van der Waals surface area (Å²) in [6, 6.07) is 6.68. The fourth-order valence-electron chi connectivity index (χ4n) is 1.58. The molecular formula is C12H20N2O2S. The van der Waals surface area contributed by atoms with Gasteiger partial charge in [-0.3, -0.25) is 0 Å². The van der Waals surface area contributed by atoms with E-state index in [1.54, 1.807) is 25.1 Å². The van der Waals surface area contributed by atoms with Gasteiger partial charge in [0.1, 0.15) is 0 Å². The average Bonchev–Trinajstić information content (AvgIpc) is 2.26. The normalized spacial score (nSPS) is 13.9. The zero-order valence-electron chi connectivity index (χ0n) is 10.5. The van der Waals surface area contributed by atoms with Gasteiger partial charge in [0.25, 0.3) is 0 Å². The summed E-state index contributed by atoms with van der Waals surface area (Å²) in [5, 5.41) is 0. The Morgan fingerprint density at radius 3 is 2.35 bits per heavy atom. The molecule has 96 valence electrons. The molecule has 5 heteroatoms. The lowest BCUT2D eigenvalue weighted by Crippen LogP contribution is -2.43. The zero-order chi connectivity index (χ0) is 13.1. The molecule has 0 aromatic heterocycles. The summed E-state index contributed by atoms with van der Waals surface area (Å²) in [6.45, 7) is 5.96. The molecule has 1 aromatic rings. The van der Waals surface area contributed by atoms with Crippen LogP contribution in [0.2, 0.25) is 0 Å². The van der Waals surface area contributed by atoms with Gasteiger partial charge in [-0.25, -0.2) is 13.1 Å². The first-order valence-electron chi connectivity index (χ1n) is 5.66. The van der Waals surface area contributed by atoms with E-state index in [1.165, 1.54) is 0 Å². The van der Waals surface area contributed by atoms with Crippen LogP contribution in [0.5, 0.6) is 0 Å². The highest BCUT2D eigenvalue weighted by Gasteiger charge is 2.22. The van der Waals surface area contributed by atoms with Gasteiger partial charge >= 0.3 is 0 Å². The average molecular weight is 256 g/mol. The molecule has 0 bridgehead atoms. The lowest BCUT2D eigenvalue weighted by molar-refractivity contribution is 0.454. The molecule has 0 amide bonds. The Kier molecular flexibility index (Phi) is 4.68. The molecule has 0 aliphatic heterocycles. The van der Waals surface area contributed by atoms with Gasteiger partial charge in [0, 0.05) is 12.6 Å². The van der Waals surface area contributed by atoms with E-state index in [0.29, 0.717) is 11.4 Å². The van der Waals surface area contributed by atoms with Crippen LogP contribution in [0, 0.1) is 12.8 Å². The van der Waals surface area contributed by atoms with E-state index in [0.717, 1.165) is 5.56 Å². The molecule has 0 aliphatic carbocycles.